The lowest BCUT2D eigenvalue weighted by Gasteiger charge is -2.12. The minimum absolute atomic E-state index is 0.284. The highest BCUT2D eigenvalue weighted by atomic mass is 16.5. The molecular formula is C11H19NO. The van der Waals surface area contributed by atoms with Crippen molar-refractivity contribution in [2.75, 3.05) is 19.7 Å². The summed E-state index contributed by atoms with van der Waals surface area (Å²) in [5.74, 6) is 3.50. The van der Waals surface area contributed by atoms with Gasteiger partial charge >= 0.3 is 0 Å². The molecule has 0 spiro atoms. The maximum atomic E-state index is 5.61. The summed E-state index contributed by atoms with van der Waals surface area (Å²) in [5, 5.41) is 3.13. The molecule has 0 aromatic carbocycles. The topological polar surface area (TPSA) is 21.3 Å². The molecule has 1 aliphatic rings. The van der Waals surface area contributed by atoms with Gasteiger partial charge in [-0.1, -0.05) is 18.8 Å². The van der Waals surface area contributed by atoms with Gasteiger partial charge in [0.2, 0.25) is 0 Å². The molecule has 0 radical (unpaired) electrons. The van der Waals surface area contributed by atoms with Gasteiger partial charge in [-0.05, 0) is 19.3 Å². The van der Waals surface area contributed by atoms with Gasteiger partial charge in [-0.2, -0.15) is 0 Å². The van der Waals surface area contributed by atoms with Gasteiger partial charge in [0.25, 0.3) is 0 Å². The van der Waals surface area contributed by atoms with E-state index in [1.807, 2.05) is 0 Å². The Balaban J connectivity index is 1.84. The van der Waals surface area contributed by atoms with E-state index in [1.54, 1.807) is 0 Å². The van der Waals surface area contributed by atoms with Crippen LogP contribution in [-0.4, -0.2) is 25.8 Å². The highest BCUT2D eigenvalue weighted by Gasteiger charge is 2.20. The van der Waals surface area contributed by atoms with Crippen LogP contribution >= 0.6 is 0 Å². The second-order valence-electron chi connectivity index (χ2n) is 3.75. The van der Waals surface area contributed by atoms with Gasteiger partial charge in [-0.3, -0.25) is 0 Å². The lowest BCUT2D eigenvalue weighted by atomic mass is 10.3. The highest BCUT2D eigenvalue weighted by Crippen LogP contribution is 2.32. The predicted molar refractivity (Wildman–Crippen MR) is 54.5 cm³/mol. The standard InChI is InChI=1S/C11H19NO/c1-3-7-12-9-10(2)13-8-6-11-4-5-11/h1,10-12H,4-9H2,2H3. The first-order valence-electron chi connectivity index (χ1n) is 5.08. The minimum atomic E-state index is 0.284. The summed E-state index contributed by atoms with van der Waals surface area (Å²) in [6, 6.07) is 0. The van der Waals surface area contributed by atoms with Crippen LogP contribution in [0.2, 0.25) is 0 Å². The zero-order valence-electron chi connectivity index (χ0n) is 8.38. The zero-order chi connectivity index (χ0) is 9.52. The SMILES string of the molecule is C#CCNCC(C)OCCC1CC1. The maximum Gasteiger partial charge on any atom is 0.0671 e. The van der Waals surface area contributed by atoms with Gasteiger partial charge in [0.1, 0.15) is 0 Å². The molecule has 0 amide bonds. The molecule has 1 aliphatic carbocycles. The van der Waals surface area contributed by atoms with Crippen molar-refractivity contribution in [1.82, 2.24) is 5.32 Å². The van der Waals surface area contributed by atoms with Crippen LogP contribution in [0.25, 0.3) is 0 Å². The number of hydrogen-bond donors (Lipinski definition) is 1. The molecule has 0 heterocycles. The van der Waals surface area contributed by atoms with E-state index in [2.05, 4.69) is 18.2 Å². The van der Waals surface area contributed by atoms with Gasteiger partial charge in [0, 0.05) is 13.2 Å². The molecule has 13 heavy (non-hydrogen) atoms. The summed E-state index contributed by atoms with van der Waals surface area (Å²) in [5.41, 5.74) is 0. The third kappa shape index (κ3) is 5.68. The van der Waals surface area contributed by atoms with E-state index in [4.69, 9.17) is 11.2 Å². The Labute approximate surface area is 81.0 Å². The van der Waals surface area contributed by atoms with Crippen molar-refractivity contribution in [1.29, 1.82) is 0 Å². The monoisotopic (exact) mass is 181 g/mol. The van der Waals surface area contributed by atoms with E-state index in [0.29, 0.717) is 6.54 Å². The largest absolute Gasteiger partial charge is 0.377 e. The third-order valence-electron chi connectivity index (χ3n) is 2.28. The molecule has 1 saturated carbocycles. The predicted octanol–water partition coefficient (Wildman–Crippen LogP) is 1.41. The first kappa shape index (κ1) is 10.6. The lowest BCUT2D eigenvalue weighted by molar-refractivity contribution is 0.0625. The summed E-state index contributed by atoms with van der Waals surface area (Å²) in [4.78, 5) is 0. The van der Waals surface area contributed by atoms with Crippen LogP contribution < -0.4 is 5.32 Å². The average molecular weight is 181 g/mol. The van der Waals surface area contributed by atoms with Gasteiger partial charge in [-0.15, -0.1) is 6.42 Å². The summed E-state index contributed by atoms with van der Waals surface area (Å²) in [7, 11) is 0. The van der Waals surface area contributed by atoms with Crippen LogP contribution in [0.3, 0.4) is 0 Å². The molecule has 2 nitrogen and oxygen atoms in total. The molecule has 0 saturated heterocycles. The number of nitrogens with one attached hydrogen (secondary N) is 1. The van der Waals surface area contributed by atoms with E-state index >= 15 is 0 Å². The summed E-state index contributed by atoms with van der Waals surface area (Å²) in [6.45, 7) is 4.48. The van der Waals surface area contributed by atoms with Gasteiger partial charge in [0.05, 0.1) is 12.6 Å². The summed E-state index contributed by atoms with van der Waals surface area (Å²) >= 11 is 0. The molecule has 0 aliphatic heterocycles. The van der Waals surface area contributed by atoms with E-state index in [9.17, 15) is 0 Å². The molecule has 74 valence electrons. The van der Waals surface area contributed by atoms with Crippen LogP contribution in [0.15, 0.2) is 0 Å². The maximum absolute atomic E-state index is 5.61. The Bertz CT molecular complexity index is 169. The van der Waals surface area contributed by atoms with Crippen molar-refractivity contribution in [2.24, 2.45) is 5.92 Å². The quantitative estimate of drug-likeness (QED) is 0.473. The van der Waals surface area contributed by atoms with Crippen LogP contribution in [0.4, 0.5) is 0 Å². The fourth-order valence-corrected chi connectivity index (χ4v) is 1.25. The molecule has 1 unspecified atom stereocenters. The van der Waals surface area contributed by atoms with Gasteiger partial charge in [-0.25, -0.2) is 0 Å². The fraction of sp³-hybridized carbons (Fsp3) is 0.818. The molecular weight excluding hydrogens is 162 g/mol. The van der Waals surface area contributed by atoms with Gasteiger partial charge < -0.3 is 10.1 Å². The summed E-state index contributed by atoms with van der Waals surface area (Å²) in [6.07, 6.45) is 9.45. The van der Waals surface area contributed by atoms with Crippen LogP contribution in [-0.2, 0) is 4.74 Å². The summed E-state index contributed by atoms with van der Waals surface area (Å²) < 4.78 is 5.61. The van der Waals surface area contributed by atoms with Crippen molar-refractivity contribution < 1.29 is 4.74 Å². The normalized spacial score (nSPS) is 18.2. The van der Waals surface area contributed by atoms with Crippen molar-refractivity contribution >= 4 is 0 Å². The first-order chi connectivity index (χ1) is 6.33. The molecule has 1 rings (SSSR count). The molecule has 1 fully saturated rings. The number of terminal acetylenes is 1. The Morgan fingerprint density at radius 2 is 2.38 bits per heavy atom. The smallest absolute Gasteiger partial charge is 0.0671 e. The van der Waals surface area contributed by atoms with Crippen molar-refractivity contribution in [3.63, 3.8) is 0 Å². The van der Waals surface area contributed by atoms with E-state index < -0.39 is 0 Å². The van der Waals surface area contributed by atoms with Crippen molar-refractivity contribution in [3.05, 3.63) is 0 Å². The fourth-order valence-electron chi connectivity index (χ4n) is 1.25. The van der Waals surface area contributed by atoms with Crippen molar-refractivity contribution in [2.45, 2.75) is 32.3 Å². The van der Waals surface area contributed by atoms with Gasteiger partial charge in [0.15, 0.2) is 0 Å². The molecule has 2 heteroatoms. The third-order valence-corrected chi connectivity index (χ3v) is 2.28. The Hall–Kier alpha value is -0.520. The zero-order valence-corrected chi connectivity index (χ0v) is 8.38. The van der Waals surface area contributed by atoms with Crippen molar-refractivity contribution in [3.8, 4) is 12.3 Å². The van der Waals surface area contributed by atoms with Crippen LogP contribution in [0, 0.1) is 18.3 Å². The Kier molecular flexibility index (Phi) is 4.88. The average Bonchev–Trinajstić information content (AvgIpc) is 2.89. The number of hydrogen-bond acceptors (Lipinski definition) is 2. The molecule has 0 bridgehead atoms. The van der Waals surface area contributed by atoms with Crippen LogP contribution in [0.5, 0.6) is 0 Å². The molecule has 1 N–H and O–H groups in total. The minimum Gasteiger partial charge on any atom is -0.377 e. The van der Waals surface area contributed by atoms with E-state index in [0.717, 1.165) is 19.1 Å². The molecule has 0 aromatic heterocycles. The van der Waals surface area contributed by atoms with E-state index in [-0.39, 0.29) is 6.10 Å². The first-order valence-corrected chi connectivity index (χ1v) is 5.08. The second kappa shape index (κ2) is 6.01. The molecule has 1 atom stereocenters. The van der Waals surface area contributed by atoms with Crippen LogP contribution in [0.1, 0.15) is 26.2 Å². The number of ether oxygens (including phenoxy) is 1. The van der Waals surface area contributed by atoms with E-state index in [1.165, 1.54) is 19.3 Å². The Morgan fingerprint density at radius 3 is 3.00 bits per heavy atom. The second-order valence-corrected chi connectivity index (χ2v) is 3.75. The number of rotatable bonds is 7. The highest BCUT2D eigenvalue weighted by molar-refractivity contribution is 4.86. The molecule has 0 aromatic rings. The lowest BCUT2D eigenvalue weighted by Crippen LogP contribution is -2.27. The Morgan fingerprint density at radius 1 is 1.62 bits per heavy atom.